The molecule has 1 saturated heterocycles. The molecule has 2 rings (SSSR count). The number of carbonyl (C=O) groups is 2. The Morgan fingerprint density at radius 3 is 2.52 bits per heavy atom. The minimum Gasteiger partial charge on any atom is -0.495 e. The summed E-state index contributed by atoms with van der Waals surface area (Å²) in [7, 11) is 1.43. The number of halogens is 1. The lowest BCUT2D eigenvalue weighted by atomic mass is 10.2. The van der Waals surface area contributed by atoms with Crippen LogP contribution in [0.2, 0.25) is 0 Å². The molecule has 0 amide bonds. The fraction of sp³-hybridized carbons (Fsp3) is 0.267. The average molecular weight is 322 g/mol. The third-order valence-corrected chi connectivity index (χ3v) is 2.78. The van der Waals surface area contributed by atoms with Crippen molar-refractivity contribution in [2.75, 3.05) is 12.5 Å². The van der Waals surface area contributed by atoms with Gasteiger partial charge in [0.25, 0.3) is 5.79 Å². The van der Waals surface area contributed by atoms with Crippen LogP contribution in [-0.4, -0.2) is 31.1 Å². The fourth-order valence-corrected chi connectivity index (χ4v) is 1.78. The number of rotatable bonds is 4. The first-order valence-electron chi connectivity index (χ1n) is 6.62. The summed E-state index contributed by atoms with van der Waals surface area (Å²) in [5.74, 6) is -2.99. The molecule has 0 aromatic heterocycles. The average Bonchev–Trinajstić information content (AvgIpc) is 2.44. The van der Waals surface area contributed by atoms with Crippen LogP contribution in [0.5, 0.6) is 5.75 Å². The van der Waals surface area contributed by atoms with Crippen molar-refractivity contribution in [3.05, 3.63) is 35.7 Å². The molecule has 1 N–H and O–H groups in total. The third kappa shape index (κ3) is 4.06. The third-order valence-electron chi connectivity index (χ3n) is 2.78. The molecule has 23 heavy (non-hydrogen) atoms. The number of hydrazone groups is 1. The summed E-state index contributed by atoms with van der Waals surface area (Å²) in [5, 5.41) is 3.78. The molecule has 1 aliphatic rings. The molecule has 1 fully saturated rings. The number of ether oxygens (including phenoxy) is 3. The second-order valence-electron chi connectivity index (χ2n) is 4.99. The quantitative estimate of drug-likeness (QED) is 0.300. The molecule has 7 nitrogen and oxygen atoms in total. The summed E-state index contributed by atoms with van der Waals surface area (Å²) in [5.41, 5.74) is 2.54. The molecule has 1 aliphatic heterocycles. The number of nitrogens with one attached hydrogen (secondary N) is 1. The Morgan fingerprint density at radius 2 is 1.91 bits per heavy atom. The minimum atomic E-state index is -1.30. The van der Waals surface area contributed by atoms with Crippen molar-refractivity contribution in [3.63, 3.8) is 0 Å². The molecule has 0 aliphatic carbocycles. The van der Waals surface area contributed by atoms with E-state index in [1.165, 1.54) is 39.2 Å². The number of methoxy groups -OCH3 is 1. The summed E-state index contributed by atoms with van der Waals surface area (Å²) >= 11 is 0. The van der Waals surface area contributed by atoms with Crippen LogP contribution < -0.4 is 10.2 Å². The van der Waals surface area contributed by atoms with E-state index in [0.29, 0.717) is 5.75 Å². The number of anilines is 1. The standard InChI is InChI=1S/C15H15FN2O5/c1-15(2)22-13(19)10(14(20)23-15)6-7-17-18-11-8-9(16)4-5-12(11)21-3/h4-8,18H,1-3H3. The van der Waals surface area contributed by atoms with Gasteiger partial charge in [0.1, 0.15) is 22.8 Å². The van der Waals surface area contributed by atoms with Crippen molar-refractivity contribution in [1.29, 1.82) is 0 Å². The number of nitrogens with zero attached hydrogens (tertiary/aromatic N) is 1. The van der Waals surface area contributed by atoms with Crippen LogP contribution in [0.1, 0.15) is 13.8 Å². The molecule has 0 unspecified atom stereocenters. The van der Waals surface area contributed by atoms with E-state index in [1.54, 1.807) is 0 Å². The zero-order valence-corrected chi connectivity index (χ0v) is 12.8. The summed E-state index contributed by atoms with van der Waals surface area (Å²) in [6, 6.07) is 3.87. The summed E-state index contributed by atoms with van der Waals surface area (Å²) < 4.78 is 28.1. The first-order chi connectivity index (χ1) is 10.8. The first kappa shape index (κ1) is 16.5. The maximum Gasteiger partial charge on any atom is 0.348 e. The van der Waals surface area contributed by atoms with E-state index in [0.717, 1.165) is 12.3 Å². The number of cyclic esters (lactones) is 2. The molecule has 1 aromatic rings. The molecule has 0 radical (unpaired) electrons. The normalized spacial score (nSPS) is 16.8. The molecule has 1 heterocycles. The van der Waals surface area contributed by atoms with Crippen LogP contribution in [0, 0.1) is 5.82 Å². The Kier molecular flexibility index (Phi) is 4.63. The van der Waals surface area contributed by atoms with Crippen LogP contribution in [-0.2, 0) is 19.1 Å². The van der Waals surface area contributed by atoms with Gasteiger partial charge in [0.2, 0.25) is 0 Å². The Morgan fingerprint density at radius 1 is 1.26 bits per heavy atom. The van der Waals surface area contributed by atoms with Crippen LogP contribution in [0.4, 0.5) is 10.1 Å². The van der Waals surface area contributed by atoms with Gasteiger partial charge in [-0.25, -0.2) is 14.0 Å². The van der Waals surface area contributed by atoms with E-state index >= 15 is 0 Å². The van der Waals surface area contributed by atoms with Crippen LogP contribution in [0.15, 0.2) is 34.9 Å². The number of carbonyl (C=O) groups excluding carboxylic acids is 2. The highest BCUT2D eigenvalue weighted by molar-refractivity contribution is 6.17. The Hall–Kier alpha value is -2.90. The fourth-order valence-electron chi connectivity index (χ4n) is 1.78. The molecule has 122 valence electrons. The van der Waals surface area contributed by atoms with Crippen molar-refractivity contribution < 1.29 is 28.2 Å². The van der Waals surface area contributed by atoms with Crippen molar-refractivity contribution in [2.24, 2.45) is 5.10 Å². The SMILES string of the molecule is COc1ccc(F)cc1NN=CC=C1C(=O)OC(C)(C)OC1=O. The van der Waals surface area contributed by atoms with Gasteiger partial charge in [0.15, 0.2) is 0 Å². The van der Waals surface area contributed by atoms with Gasteiger partial charge in [-0.05, 0) is 18.2 Å². The number of allylic oxidation sites excluding steroid dienone is 1. The predicted molar refractivity (Wildman–Crippen MR) is 79.4 cm³/mol. The lowest BCUT2D eigenvalue weighted by molar-refractivity contribution is -0.222. The molecular weight excluding hydrogens is 307 g/mol. The smallest absolute Gasteiger partial charge is 0.348 e. The molecule has 8 heteroatoms. The number of benzene rings is 1. The zero-order chi connectivity index (χ0) is 17.0. The highest BCUT2D eigenvalue weighted by Gasteiger charge is 2.38. The van der Waals surface area contributed by atoms with E-state index in [4.69, 9.17) is 14.2 Å². The largest absolute Gasteiger partial charge is 0.495 e. The molecule has 1 aromatic carbocycles. The van der Waals surface area contributed by atoms with Gasteiger partial charge >= 0.3 is 11.9 Å². The van der Waals surface area contributed by atoms with Gasteiger partial charge in [-0.1, -0.05) is 0 Å². The summed E-state index contributed by atoms with van der Waals surface area (Å²) in [6.45, 7) is 2.90. The second-order valence-corrected chi connectivity index (χ2v) is 4.99. The molecule has 0 bridgehead atoms. The van der Waals surface area contributed by atoms with Crippen molar-refractivity contribution in [3.8, 4) is 5.75 Å². The summed E-state index contributed by atoms with van der Waals surface area (Å²) in [6.07, 6.45) is 2.29. The molecule has 0 saturated carbocycles. The highest BCUT2D eigenvalue weighted by atomic mass is 19.1. The van der Waals surface area contributed by atoms with E-state index in [9.17, 15) is 14.0 Å². The highest BCUT2D eigenvalue weighted by Crippen LogP contribution is 2.25. The van der Waals surface area contributed by atoms with Gasteiger partial charge < -0.3 is 14.2 Å². The zero-order valence-electron chi connectivity index (χ0n) is 12.8. The number of esters is 2. The monoisotopic (exact) mass is 322 g/mol. The molecular formula is C15H15FN2O5. The maximum absolute atomic E-state index is 13.2. The Labute approximate surface area is 131 Å². The molecule has 0 spiro atoms. The lowest BCUT2D eigenvalue weighted by Gasteiger charge is -2.29. The minimum absolute atomic E-state index is 0.289. The van der Waals surface area contributed by atoms with Crippen molar-refractivity contribution >= 4 is 23.8 Å². The Bertz CT molecular complexity index is 675. The van der Waals surface area contributed by atoms with E-state index in [1.807, 2.05) is 0 Å². The van der Waals surface area contributed by atoms with Crippen molar-refractivity contribution in [1.82, 2.24) is 0 Å². The number of hydrogen-bond donors (Lipinski definition) is 1. The maximum atomic E-state index is 13.2. The second kappa shape index (κ2) is 6.47. The number of hydrogen-bond acceptors (Lipinski definition) is 7. The Balaban J connectivity index is 2.08. The lowest BCUT2D eigenvalue weighted by Crippen LogP contribution is -2.41. The van der Waals surface area contributed by atoms with Gasteiger partial charge in [-0.15, -0.1) is 0 Å². The topological polar surface area (TPSA) is 86.2 Å². The van der Waals surface area contributed by atoms with Gasteiger partial charge in [-0.2, -0.15) is 5.10 Å². The van der Waals surface area contributed by atoms with Crippen molar-refractivity contribution in [2.45, 2.75) is 19.6 Å². The van der Waals surface area contributed by atoms with Crippen LogP contribution in [0.3, 0.4) is 0 Å². The van der Waals surface area contributed by atoms with Crippen LogP contribution in [0.25, 0.3) is 0 Å². The van der Waals surface area contributed by atoms with E-state index in [2.05, 4.69) is 10.5 Å². The van der Waals surface area contributed by atoms with Gasteiger partial charge in [0, 0.05) is 26.1 Å². The van der Waals surface area contributed by atoms with Gasteiger partial charge in [0.05, 0.1) is 7.11 Å². The predicted octanol–water partition coefficient (Wildman–Crippen LogP) is 1.99. The first-order valence-corrected chi connectivity index (χ1v) is 6.62. The van der Waals surface area contributed by atoms with E-state index in [-0.39, 0.29) is 11.3 Å². The summed E-state index contributed by atoms with van der Waals surface area (Å²) in [4.78, 5) is 23.4. The molecule has 0 atom stereocenters. The van der Waals surface area contributed by atoms with E-state index < -0.39 is 23.5 Å². The van der Waals surface area contributed by atoms with Crippen LogP contribution >= 0.6 is 0 Å². The van der Waals surface area contributed by atoms with Gasteiger partial charge in [-0.3, -0.25) is 5.43 Å².